The van der Waals surface area contributed by atoms with Crippen LogP contribution in [0, 0.1) is 0 Å². The summed E-state index contributed by atoms with van der Waals surface area (Å²) in [5, 5.41) is 9.26. The quantitative estimate of drug-likeness (QED) is 0.710. The number of hydrogen-bond donors (Lipinski definition) is 1. The van der Waals surface area contributed by atoms with Crippen molar-refractivity contribution in [3.63, 3.8) is 0 Å². The zero-order valence-electron chi connectivity index (χ0n) is 9.58. The molecule has 0 spiro atoms. The number of β-amino-alcohol motifs (C(OH)–C–C–N with tert-alkyl or cyclic N) is 1. The van der Waals surface area contributed by atoms with Crippen molar-refractivity contribution in [2.24, 2.45) is 0 Å². The molecule has 1 aliphatic rings. The van der Waals surface area contributed by atoms with E-state index in [1.165, 1.54) is 32.5 Å². The number of hydrogen-bond acceptors (Lipinski definition) is 3. The third-order valence-corrected chi connectivity index (χ3v) is 2.82. The maximum absolute atomic E-state index is 9.26. The van der Waals surface area contributed by atoms with Crippen molar-refractivity contribution in [3.8, 4) is 0 Å². The second-order valence-corrected chi connectivity index (χ2v) is 4.34. The molecule has 1 atom stereocenters. The lowest BCUT2D eigenvalue weighted by Gasteiger charge is -2.35. The minimum absolute atomic E-state index is 0.183. The highest BCUT2D eigenvalue weighted by Crippen LogP contribution is 2.03. The molecule has 14 heavy (non-hydrogen) atoms. The number of aliphatic hydroxyl groups is 1. The van der Waals surface area contributed by atoms with Crippen molar-refractivity contribution in [3.05, 3.63) is 0 Å². The molecule has 1 rings (SSSR count). The van der Waals surface area contributed by atoms with Crippen LogP contribution in [-0.4, -0.2) is 60.3 Å². The highest BCUT2D eigenvalue weighted by molar-refractivity contribution is 4.72. The Bertz CT molecular complexity index is 142. The Kier molecular flexibility index (Phi) is 5.45. The predicted octanol–water partition coefficient (Wildman–Crippen LogP) is 0.785. The first-order chi connectivity index (χ1) is 6.72. The summed E-state index contributed by atoms with van der Waals surface area (Å²) in [4.78, 5) is 4.88. The summed E-state index contributed by atoms with van der Waals surface area (Å²) in [5.74, 6) is 0. The standard InChI is InChI=1S/C11H24N2O/c1-3-4-5-12-6-8-13(9-7-12)10-11(2)14/h11,14H,3-10H2,1-2H3/t11-/m1/s1. The van der Waals surface area contributed by atoms with Crippen LogP contribution in [0.15, 0.2) is 0 Å². The Balaban J connectivity index is 2.11. The van der Waals surface area contributed by atoms with Gasteiger partial charge in [-0.1, -0.05) is 13.3 Å². The maximum atomic E-state index is 9.26. The molecule has 0 unspecified atom stereocenters. The van der Waals surface area contributed by atoms with Crippen LogP contribution in [0.5, 0.6) is 0 Å². The second-order valence-electron chi connectivity index (χ2n) is 4.34. The molecule has 0 radical (unpaired) electrons. The number of aliphatic hydroxyl groups excluding tert-OH is 1. The van der Waals surface area contributed by atoms with Gasteiger partial charge in [0.05, 0.1) is 6.10 Å². The SMILES string of the molecule is CCCCN1CCN(C[C@@H](C)O)CC1. The second kappa shape index (κ2) is 6.38. The van der Waals surface area contributed by atoms with E-state index in [0.29, 0.717) is 0 Å². The molecule has 1 fully saturated rings. The molecule has 3 nitrogen and oxygen atoms in total. The van der Waals surface area contributed by atoms with Crippen molar-refractivity contribution < 1.29 is 5.11 Å². The lowest BCUT2D eigenvalue weighted by molar-refractivity contribution is 0.0803. The van der Waals surface area contributed by atoms with E-state index in [-0.39, 0.29) is 6.10 Å². The molecule has 0 saturated carbocycles. The molecule has 0 aromatic rings. The minimum Gasteiger partial charge on any atom is -0.392 e. The summed E-state index contributed by atoms with van der Waals surface area (Å²) in [7, 11) is 0. The first-order valence-electron chi connectivity index (χ1n) is 5.85. The molecule has 0 amide bonds. The van der Waals surface area contributed by atoms with Crippen LogP contribution in [0.25, 0.3) is 0 Å². The lowest BCUT2D eigenvalue weighted by atomic mass is 10.2. The highest BCUT2D eigenvalue weighted by Gasteiger charge is 2.16. The number of piperazine rings is 1. The summed E-state index contributed by atoms with van der Waals surface area (Å²) >= 11 is 0. The molecule has 0 bridgehead atoms. The molecule has 0 aliphatic carbocycles. The zero-order chi connectivity index (χ0) is 10.4. The first kappa shape index (κ1) is 12.0. The first-order valence-corrected chi connectivity index (χ1v) is 5.85. The summed E-state index contributed by atoms with van der Waals surface area (Å²) < 4.78 is 0. The molecule has 1 heterocycles. The van der Waals surface area contributed by atoms with Gasteiger partial charge in [0.25, 0.3) is 0 Å². The Morgan fingerprint density at radius 1 is 1.14 bits per heavy atom. The van der Waals surface area contributed by atoms with E-state index >= 15 is 0 Å². The summed E-state index contributed by atoms with van der Waals surface area (Å²) in [6.45, 7) is 10.8. The van der Waals surface area contributed by atoms with Gasteiger partial charge in [-0.25, -0.2) is 0 Å². The van der Waals surface area contributed by atoms with Gasteiger partial charge in [0.15, 0.2) is 0 Å². The lowest BCUT2D eigenvalue weighted by Crippen LogP contribution is -2.48. The summed E-state index contributed by atoms with van der Waals surface area (Å²) in [5.41, 5.74) is 0. The number of unbranched alkanes of at least 4 members (excludes halogenated alkanes) is 1. The van der Waals surface area contributed by atoms with Crippen LogP contribution in [0.4, 0.5) is 0 Å². The smallest absolute Gasteiger partial charge is 0.0639 e. The van der Waals surface area contributed by atoms with Crippen LogP contribution in [0.3, 0.4) is 0 Å². The van der Waals surface area contributed by atoms with Crippen LogP contribution >= 0.6 is 0 Å². The molecule has 1 saturated heterocycles. The summed E-state index contributed by atoms with van der Waals surface area (Å²) in [6, 6.07) is 0. The van der Waals surface area contributed by atoms with Gasteiger partial charge in [0.2, 0.25) is 0 Å². The number of rotatable bonds is 5. The van der Waals surface area contributed by atoms with E-state index in [2.05, 4.69) is 16.7 Å². The van der Waals surface area contributed by atoms with Gasteiger partial charge in [-0.2, -0.15) is 0 Å². The Morgan fingerprint density at radius 3 is 2.21 bits per heavy atom. The normalized spacial score (nSPS) is 22.5. The van der Waals surface area contributed by atoms with Crippen molar-refractivity contribution in [2.45, 2.75) is 32.8 Å². The zero-order valence-corrected chi connectivity index (χ0v) is 9.58. The van der Waals surface area contributed by atoms with Crippen LogP contribution in [-0.2, 0) is 0 Å². The van der Waals surface area contributed by atoms with Gasteiger partial charge in [-0.05, 0) is 19.9 Å². The topological polar surface area (TPSA) is 26.7 Å². The predicted molar refractivity (Wildman–Crippen MR) is 59.5 cm³/mol. The average molecular weight is 200 g/mol. The van der Waals surface area contributed by atoms with Gasteiger partial charge < -0.3 is 10.0 Å². The number of nitrogens with zero attached hydrogens (tertiary/aromatic N) is 2. The van der Waals surface area contributed by atoms with Crippen molar-refractivity contribution >= 4 is 0 Å². The van der Waals surface area contributed by atoms with Crippen molar-refractivity contribution in [1.29, 1.82) is 0 Å². The van der Waals surface area contributed by atoms with E-state index in [0.717, 1.165) is 19.6 Å². The van der Waals surface area contributed by atoms with Gasteiger partial charge in [-0.3, -0.25) is 4.90 Å². The Morgan fingerprint density at radius 2 is 1.71 bits per heavy atom. The molecular weight excluding hydrogens is 176 g/mol. The van der Waals surface area contributed by atoms with Crippen molar-refractivity contribution in [1.82, 2.24) is 9.80 Å². The monoisotopic (exact) mass is 200 g/mol. The highest BCUT2D eigenvalue weighted by atomic mass is 16.3. The van der Waals surface area contributed by atoms with E-state index in [4.69, 9.17) is 0 Å². The fraction of sp³-hybridized carbons (Fsp3) is 1.00. The van der Waals surface area contributed by atoms with Crippen LogP contribution in [0.2, 0.25) is 0 Å². The summed E-state index contributed by atoms with van der Waals surface area (Å²) in [6.07, 6.45) is 2.42. The van der Waals surface area contributed by atoms with E-state index in [1.54, 1.807) is 0 Å². The van der Waals surface area contributed by atoms with Crippen LogP contribution < -0.4 is 0 Å². The molecule has 84 valence electrons. The van der Waals surface area contributed by atoms with Crippen molar-refractivity contribution in [2.75, 3.05) is 39.3 Å². The molecule has 3 heteroatoms. The molecule has 1 aliphatic heterocycles. The van der Waals surface area contributed by atoms with Gasteiger partial charge in [-0.15, -0.1) is 0 Å². The molecule has 0 aromatic carbocycles. The molecule has 0 aromatic heterocycles. The van der Waals surface area contributed by atoms with Gasteiger partial charge >= 0.3 is 0 Å². The van der Waals surface area contributed by atoms with E-state index in [1.807, 2.05) is 6.92 Å². The maximum Gasteiger partial charge on any atom is 0.0639 e. The largest absolute Gasteiger partial charge is 0.392 e. The Hall–Kier alpha value is -0.120. The van der Waals surface area contributed by atoms with Gasteiger partial charge in [0.1, 0.15) is 0 Å². The van der Waals surface area contributed by atoms with E-state index < -0.39 is 0 Å². The Labute approximate surface area is 87.7 Å². The third kappa shape index (κ3) is 4.40. The van der Waals surface area contributed by atoms with Crippen LogP contribution in [0.1, 0.15) is 26.7 Å². The molecule has 1 N–H and O–H groups in total. The van der Waals surface area contributed by atoms with Gasteiger partial charge in [0, 0.05) is 32.7 Å². The molecular formula is C11H24N2O. The minimum atomic E-state index is -0.183. The third-order valence-electron chi connectivity index (χ3n) is 2.82. The average Bonchev–Trinajstić information content (AvgIpc) is 2.16. The fourth-order valence-corrected chi connectivity index (χ4v) is 1.95. The van der Waals surface area contributed by atoms with E-state index in [9.17, 15) is 5.11 Å². The fourth-order valence-electron chi connectivity index (χ4n) is 1.95.